The van der Waals surface area contributed by atoms with Crippen LogP contribution >= 0.6 is 23.2 Å². The van der Waals surface area contributed by atoms with Crippen LogP contribution in [0.3, 0.4) is 0 Å². The number of alkyl carbamates (subject to hydrolysis) is 1. The fourth-order valence-electron chi connectivity index (χ4n) is 1.96. The number of amides is 1. The van der Waals surface area contributed by atoms with Gasteiger partial charge in [-0.15, -0.1) is 0 Å². The molecule has 1 N–H and O–H groups in total. The Hall–Kier alpha value is -1.99. The molecule has 25 heavy (non-hydrogen) atoms. The van der Waals surface area contributed by atoms with E-state index in [0.29, 0.717) is 21.4 Å². The molecular weight excluding hydrogens is 369 g/mol. The molecule has 0 aliphatic rings. The number of nitrogens with one attached hydrogen (secondary N) is 1. The Kier molecular flexibility index (Phi) is 5.80. The number of fused-ring (bicyclic) bond motifs is 1. The molecule has 0 saturated heterocycles. The van der Waals surface area contributed by atoms with Crippen LogP contribution in [0.1, 0.15) is 33.4 Å². The largest absolute Gasteiger partial charge is 0.458 e. The van der Waals surface area contributed by atoms with Gasteiger partial charge in [-0.05, 0) is 33.8 Å². The predicted molar refractivity (Wildman–Crippen MR) is 93.8 cm³/mol. The highest BCUT2D eigenvalue weighted by atomic mass is 35.5. The average Bonchev–Trinajstić information content (AvgIpc) is 2.85. The van der Waals surface area contributed by atoms with Gasteiger partial charge in [0, 0.05) is 12.4 Å². The number of carbonyl (C=O) groups excluding carboxylic acids is 2. The van der Waals surface area contributed by atoms with E-state index in [1.165, 1.54) is 6.92 Å². The summed E-state index contributed by atoms with van der Waals surface area (Å²) in [6, 6.07) is 0.721. The smallest absolute Gasteiger partial charge is 0.408 e. The number of rotatable bonds is 4. The second-order valence-electron chi connectivity index (χ2n) is 6.45. The molecule has 0 saturated carbocycles. The van der Waals surface area contributed by atoms with E-state index in [0.717, 1.165) is 0 Å². The lowest BCUT2D eigenvalue weighted by atomic mass is 10.2. The van der Waals surface area contributed by atoms with Gasteiger partial charge in [-0.2, -0.15) is 0 Å². The highest BCUT2D eigenvalue weighted by molar-refractivity contribution is 6.36. The van der Waals surface area contributed by atoms with Crippen molar-refractivity contribution in [3.05, 3.63) is 34.2 Å². The first-order valence-corrected chi connectivity index (χ1v) is 8.29. The fourth-order valence-corrected chi connectivity index (χ4v) is 2.49. The number of imidazole rings is 1. The van der Waals surface area contributed by atoms with Crippen molar-refractivity contribution in [3.8, 4) is 0 Å². The molecule has 2 aromatic heterocycles. The number of ether oxygens (including phenoxy) is 2. The van der Waals surface area contributed by atoms with Crippen molar-refractivity contribution in [2.75, 3.05) is 0 Å². The van der Waals surface area contributed by atoms with Gasteiger partial charge in [0.2, 0.25) is 0 Å². The maximum absolute atomic E-state index is 12.0. The van der Waals surface area contributed by atoms with E-state index >= 15 is 0 Å². The number of aromatic nitrogens is 2. The third-order valence-corrected chi connectivity index (χ3v) is 3.46. The predicted octanol–water partition coefficient (Wildman–Crippen LogP) is 3.60. The van der Waals surface area contributed by atoms with Gasteiger partial charge < -0.3 is 19.2 Å². The summed E-state index contributed by atoms with van der Waals surface area (Å²) in [5, 5.41) is 3.28. The molecule has 0 spiro atoms. The monoisotopic (exact) mass is 387 g/mol. The third kappa shape index (κ3) is 5.51. The van der Waals surface area contributed by atoms with Crippen LogP contribution in [0.2, 0.25) is 10.0 Å². The summed E-state index contributed by atoms with van der Waals surface area (Å²) < 4.78 is 11.9. The van der Waals surface area contributed by atoms with Crippen LogP contribution in [0, 0.1) is 0 Å². The normalized spacial score (nSPS) is 12.7. The number of pyridine rings is 1. The molecule has 0 radical (unpaired) electrons. The van der Waals surface area contributed by atoms with Crippen LogP contribution in [0.4, 0.5) is 4.79 Å². The second-order valence-corrected chi connectivity index (χ2v) is 7.29. The summed E-state index contributed by atoms with van der Waals surface area (Å²) in [4.78, 5) is 27.9. The summed E-state index contributed by atoms with van der Waals surface area (Å²) in [6.07, 6.45) is 2.62. The number of nitrogens with zero attached hydrogens (tertiary/aromatic N) is 2. The maximum Gasteiger partial charge on any atom is 0.408 e. The number of halogens is 2. The number of hydrogen-bond donors (Lipinski definition) is 1. The first kappa shape index (κ1) is 19.3. The highest BCUT2D eigenvalue weighted by Gasteiger charge is 2.22. The van der Waals surface area contributed by atoms with E-state index < -0.39 is 23.7 Å². The molecule has 1 atom stereocenters. The van der Waals surface area contributed by atoms with Gasteiger partial charge in [-0.3, -0.25) is 0 Å². The molecule has 1 amide bonds. The molecule has 2 heterocycles. The van der Waals surface area contributed by atoms with Crippen LogP contribution in [0.25, 0.3) is 5.65 Å². The zero-order valence-electron chi connectivity index (χ0n) is 14.3. The Bertz CT molecular complexity index is 799. The molecule has 0 aliphatic heterocycles. The quantitative estimate of drug-likeness (QED) is 0.810. The lowest BCUT2D eigenvalue weighted by molar-refractivity contribution is -0.147. The number of esters is 1. The molecule has 2 aromatic rings. The number of hydrogen-bond acceptors (Lipinski definition) is 5. The zero-order valence-corrected chi connectivity index (χ0v) is 15.8. The lowest BCUT2D eigenvalue weighted by Gasteiger charge is -2.21. The van der Waals surface area contributed by atoms with Crippen LogP contribution in [-0.4, -0.2) is 33.1 Å². The van der Waals surface area contributed by atoms with Crippen molar-refractivity contribution < 1.29 is 19.1 Å². The number of carbonyl (C=O) groups is 2. The van der Waals surface area contributed by atoms with Crippen molar-refractivity contribution in [2.24, 2.45) is 0 Å². The van der Waals surface area contributed by atoms with Gasteiger partial charge in [-0.25, -0.2) is 14.6 Å². The zero-order chi connectivity index (χ0) is 18.8. The van der Waals surface area contributed by atoms with E-state index in [1.54, 1.807) is 43.6 Å². The minimum Gasteiger partial charge on any atom is -0.458 e. The molecule has 9 heteroatoms. The van der Waals surface area contributed by atoms with Gasteiger partial charge in [0.05, 0.1) is 15.7 Å². The Morgan fingerprint density at radius 2 is 2.00 bits per heavy atom. The SMILES string of the molecule is CC(NC(=O)OC(C)(C)C)C(=O)OCc1cn2cc(Cl)cc(Cl)c2n1. The fraction of sp³-hybridized carbons (Fsp3) is 0.438. The Labute approximate surface area is 155 Å². The van der Waals surface area contributed by atoms with E-state index in [2.05, 4.69) is 10.3 Å². The Morgan fingerprint density at radius 1 is 1.32 bits per heavy atom. The Balaban J connectivity index is 1.93. The van der Waals surface area contributed by atoms with E-state index in [1.807, 2.05) is 0 Å². The molecule has 0 aromatic carbocycles. The molecule has 136 valence electrons. The summed E-state index contributed by atoms with van der Waals surface area (Å²) >= 11 is 12.0. The average molecular weight is 388 g/mol. The van der Waals surface area contributed by atoms with Crippen LogP contribution in [0.5, 0.6) is 0 Å². The summed E-state index contributed by atoms with van der Waals surface area (Å²) in [5.41, 5.74) is 0.365. The first-order chi connectivity index (χ1) is 11.5. The second kappa shape index (κ2) is 7.49. The van der Waals surface area contributed by atoms with Crippen LogP contribution in [0.15, 0.2) is 18.5 Å². The van der Waals surface area contributed by atoms with Crippen molar-refractivity contribution >= 4 is 40.9 Å². The molecule has 0 fully saturated rings. The van der Waals surface area contributed by atoms with Gasteiger partial charge in [0.15, 0.2) is 5.65 Å². The van der Waals surface area contributed by atoms with Crippen molar-refractivity contribution in [2.45, 2.75) is 45.9 Å². The lowest BCUT2D eigenvalue weighted by Crippen LogP contribution is -2.42. The van der Waals surface area contributed by atoms with Crippen molar-refractivity contribution in [3.63, 3.8) is 0 Å². The topological polar surface area (TPSA) is 81.9 Å². The maximum atomic E-state index is 12.0. The highest BCUT2D eigenvalue weighted by Crippen LogP contribution is 2.22. The molecule has 2 rings (SSSR count). The van der Waals surface area contributed by atoms with Crippen LogP contribution in [-0.2, 0) is 20.9 Å². The van der Waals surface area contributed by atoms with E-state index in [-0.39, 0.29) is 6.61 Å². The Morgan fingerprint density at radius 3 is 2.64 bits per heavy atom. The van der Waals surface area contributed by atoms with Gasteiger partial charge in [0.25, 0.3) is 0 Å². The first-order valence-electron chi connectivity index (χ1n) is 7.54. The molecular formula is C16H19Cl2N3O4. The van der Waals surface area contributed by atoms with Gasteiger partial charge in [-0.1, -0.05) is 23.2 Å². The van der Waals surface area contributed by atoms with Crippen molar-refractivity contribution in [1.82, 2.24) is 14.7 Å². The summed E-state index contributed by atoms with van der Waals surface area (Å²) in [6.45, 7) is 6.64. The van der Waals surface area contributed by atoms with Crippen LogP contribution < -0.4 is 5.32 Å². The molecule has 0 bridgehead atoms. The molecule has 1 unspecified atom stereocenters. The minimum absolute atomic E-state index is 0.0607. The summed E-state index contributed by atoms with van der Waals surface area (Å²) in [5.74, 6) is -0.605. The summed E-state index contributed by atoms with van der Waals surface area (Å²) in [7, 11) is 0. The van der Waals surface area contributed by atoms with Gasteiger partial charge in [0.1, 0.15) is 18.2 Å². The molecule has 7 nitrogen and oxygen atoms in total. The van der Waals surface area contributed by atoms with E-state index in [9.17, 15) is 9.59 Å². The van der Waals surface area contributed by atoms with Crippen molar-refractivity contribution in [1.29, 1.82) is 0 Å². The van der Waals surface area contributed by atoms with E-state index in [4.69, 9.17) is 32.7 Å². The third-order valence-electron chi connectivity index (χ3n) is 2.97. The van der Waals surface area contributed by atoms with Gasteiger partial charge >= 0.3 is 12.1 Å². The molecule has 0 aliphatic carbocycles. The minimum atomic E-state index is -0.857. The standard InChI is InChI=1S/C16H19Cl2N3O4/c1-9(19-15(23)25-16(2,3)4)14(22)24-8-11-7-21-6-10(17)5-12(18)13(21)20-11/h5-7,9H,8H2,1-4H3,(H,19,23).